The normalized spacial score (nSPS) is 22.9. The number of cyclic esters (lactones) is 1. The number of nitrogens with zero attached hydrogens (tertiary/aromatic N) is 3. The summed E-state index contributed by atoms with van der Waals surface area (Å²) in [6.07, 6.45) is -0.0958. The Hall–Kier alpha value is -1.96. The Morgan fingerprint density at radius 1 is 1.20 bits per heavy atom. The fourth-order valence-electron chi connectivity index (χ4n) is 3.01. The first-order chi connectivity index (χ1) is 12.0. The van der Waals surface area contributed by atoms with Crippen molar-refractivity contribution in [3.63, 3.8) is 0 Å². The number of carbonyl (C=O) groups is 1. The summed E-state index contributed by atoms with van der Waals surface area (Å²) in [5.74, 6) is 0.419. The van der Waals surface area contributed by atoms with Crippen LogP contribution < -0.4 is 9.80 Å². The van der Waals surface area contributed by atoms with Gasteiger partial charge in [0.15, 0.2) is 9.84 Å². The second-order valence-electron chi connectivity index (χ2n) is 6.06. The Balaban J connectivity index is 1.68. The minimum absolute atomic E-state index is 0.176. The Labute approximate surface area is 152 Å². The molecular weight excluding hydrogens is 362 g/mol. The Bertz CT molecular complexity index is 788. The molecule has 2 fully saturated rings. The van der Waals surface area contributed by atoms with Crippen LogP contribution in [0.15, 0.2) is 29.3 Å². The molecular formula is C16H19N3O4S2. The molecule has 134 valence electrons. The van der Waals surface area contributed by atoms with E-state index < -0.39 is 15.9 Å². The van der Waals surface area contributed by atoms with E-state index in [1.54, 1.807) is 4.90 Å². The molecule has 0 unspecified atom stereocenters. The molecule has 2 aliphatic rings. The zero-order valence-corrected chi connectivity index (χ0v) is 15.3. The predicted octanol–water partition coefficient (Wildman–Crippen LogP) is 1.74. The molecule has 0 N–H and O–H groups in total. The molecule has 3 rings (SSSR count). The van der Waals surface area contributed by atoms with Gasteiger partial charge in [-0.3, -0.25) is 4.90 Å². The summed E-state index contributed by atoms with van der Waals surface area (Å²) in [6, 6.07) is 7.51. The van der Waals surface area contributed by atoms with Gasteiger partial charge in [0.2, 0.25) is 0 Å². The summed E-state index contributed by atoms with van der Waals surface area (Å²) >= 11 is 4.53. The number of amides is 1. The van der Waals surface area contributed by atoms with E-state index in [1.807, 2.05) is 24.3 Å². The first-order valence-corrected chi connectivity index (χ1v) is 10.3. The summed E-state index contributed by atoms with van der Waals surface area (Å²) in [7, 11) is -2.94. The number of thiocarbonyl (C=S) groups is 1. The lowest BCUT2D eigenvalue weighted by Gasteiger charge is -2.23. The summed E-state index contributed by atoms with van der Waals surface area (Å²) < 4.78 is 28.7. The molecule has 9 heteroatoms. The van der Waals surface area contributed by atoms with Crippen molar-refractivity contribution in [3.8, 4) is 0 Å². The summed E-state index contributed by atoms with van der Waals surface area (Å²) in [5, 5.41) is 2.27. The molecule has 0 bridgehead atoms. The molecule has 0 aliphatic carbocycles. The van der Waals surface area contributed by atoms with Crippen molar-refractivity contribution in [2.45, 2.75) is 12.5 Å². The molecule has 7 nitrogen and oxygen atoms in total. The van der Waals surface area contributed by atoms with E-state index in [9.17, 15) is 13.2 Å². The minimum Gasteiger partial charge on any atom is -0.442 e. The molecule has 1 aromatic carbocycles. The highest BCUT2D eigenvalue weighted by atomic mass is 32.2. The highest BCUT2D eigenvalue weighted by Crippen LogP contribution is 2.25. The van der Waals surface area contributed by atoms with Crippen molar-refractivity contribution < 1.29 is 17.9 Å². The van der Waals surface area contributed by atoms with Gasteiger partial charge in [-0.25, -0.2) is 18.2 Å². The molecule has 1 atom stereocenters. The van der Waals surface area contributed by atoms with Gasteiger partial charge in [0.25, 0.3) is 0 Å². The first kappa shape index (κ1) is 17.8. The zero-order valence-electron chi connectivity index (χ0n) is 13.6. The van der Waals surface area contributed by atoms with Gasteiger partial charge in [0, 0.05) is 24.5 Å². The molecule has 0 radical (unpaired) electrons. The van der Waals surface area contributed by atoms with Gasteiger partial charge in [-0.05, 0) is 42.9 Å². The van der Waals surface area contributed by atoms with Crippen LogP contribution in [0.2, 0.25) is 0 Å². The average molecular weight is 381 g/mol. The highest BCUT2D eigenvalue weighted by molar-refractivity contribution is 7.91. The number of rotatable bonds is 4. The third-order valence-corrected chi connectivity index (χ3v) is 6.16. The average Bonchev–Trinajstić information content (AvgIpc) is 2.86. The van der Waals surface area contributed by atoms with Crippen molar-refractivity contribution in [1.82, 2.24) is 0 Å². The summed E-state index contributed by atoms with van der Waals surface area (Å²) in [5.41, 5.74) is 1.69. The first-order valence-electron chi connectivity index (χ1n) is 8.06. The van der Waals surface area contributed by atoms with Crippen LogP contribution in [0, 0.1) is 0 Å². The quantitative estimate of drug-likeness (QED) is 0.584. The Kier molecular flexibility index (Phi) is 5.36. The van der Waals surface area contributed by atoms with E-state index in [0.717, 1.165) is 11.4 Å². The lowest BCUT2D eigenvalue weighted by Crippen LogP contribution is -2.27. The van der Waals surface area contributed by atoms with Crippen LogP contribution in [0.1, 0.15) is 6.42 Å². The van der Waals surface area contributed by atoms with Crippen LogP contribution in [0.5, 0.6) is 0 Å². The van der Waals surface area contributed by atoms with Gasteiger partial charge in [0.05, 0.1) is 29.8 Å². The van der Waals surface area contributed by atoms with E-state index >= 15 is 0 Å². The lowest BCUT2D eigenvalue weighted by molar-refractivity contribution is 0.145. The maximum atomic E-state index is 12.0. The second-order valence-corrected chi connectivity index (χ2v) is 8.54. The van der Waals surface area contributed by atoms with Gasteiger partial charge >= 0.3 is 6.09 Å². The monoisotopic (exact) mass is 381 g/mol. The SMILES string of the molecule is O=C1O[C@@H](CN=C=S)CN1c1ccc(N2CCCS(=O)(=O)CC2)cc1. The van der Waals surface area contributed by atoms with E-state index in [4.69, 9.17) is 4.74 Å². The predicted molar refractivity (Wildman–Crippen MR) is 99.4 cm³/mol. The molecule has 2 saturated heterocycles. The highest BCUT2D eigenvalue weighted by Gasteiger charge is 2.32. The van der Waals surface area contributed by atoms with Crippen LogP contribution in [-0.4, -0.2) is 63.5 Å². The second kappa shape index (κ2) is 7.51. The number of aliphatic imine (C=N–C) groups is 1. The molecule has 25 heavy (non-hydrogen) atoms. The fourth-order valence-corrected chi connectivity index (χ4v) is 4.35. The molecule has 1 aromatic rings. The van der Waals surface area contributed by atoms with Crippen LogP contribution >= 0.6 is 12.2 Å². The molecule has 0 saturated carbocycles. The molecule has 0 aromatic heterocycles. The van der Waals surface area contributed by atoms with Crippen molar-refractivity contribution in [3.05, 3.63) is 24.3 Å². The third kappa shape index (κ3) is 4.36. The molecule has 0 spiro atoms. The smallest absolute Gasteiger partial charge is 0.414 e. The van der Waals surface area contributed by atoms with Crippen LogP contribution in [-0.2, 0) is 14.6 Å². The maximum Gasteiger partial charge on any atom is 0.414 e. The van der Waals surface area contributed by atoms with Crippen molar-refractivity contribution in [1.29, 1.82) is 0 Å². The number of sulfone groups is 1. The van der Waals surface area contributed by atoms with Gasteiger partial charge in [-0.1, -0.05) is 0 Å². The van der Waals surface area contributed by atoms with Gasteiger partial charge in [0.1, 0.15) is 6.10 Å². The van der Waals surface area contributed by atoms with Crippen molar-refractivity contribution in [2.75, 3.05) is 47.5 Å². The number of hydrogen-bond acceptors (Lipinski definition) is 7. The van der Waals surface area contributed by atoms with E-state index in [-0.39, 0.29) is 17.6 Å². The van der Waals surface area contributed by atoms with Crippen molar-refractivity contribution >= 4 is 44.7 Å². The number of anilines is 2. The third-order valence-electron chi connectivity index (χ3n) is 4.32. The van der Waals surface area contributed by atoms with Crippen LogP contribution in [0.3, 0.4) is 0 Å². The Morgan fingerprint density at radius 2 is 1.92 bits per heavy atom. The van der Waals surface area contributed by atoms with Crippen LogP contribution in [0.4, 0.5) is 16.2 Å². The van der Waals surface area contributed by atoms with Crippen molar-refractivity contribution in [2.24, 2.45) is 4.99 Å². The lowest BCUT2D eigenvalue weighted by atomic mass is 10.2. The van der Waals surface area contributed by atoms with E-state index in [1.165, 1.54) is 0 Å². The molecule has 2 aliphatic heterocycles. The standard InChI is InChI=1S/C16H19N3O4S2/c20-16-19(11-15(23-16)10-17-12-24)14-4-2-13(3-5-14)18-6-1-8-25(21,22)9-7-18/h2-5,15H,1,6-11H2/t15-/m0/s1. The maximum absolute atomic E-state index is 12.0. The zero-order chi connectivity index (χ0) is 17.9. The number of ether oxygens (including phenoxy) is 1. The summed E-state index contributed by atoms with van der Waals surface area (Å²) in [4.78, 5) is 19.4. The van der Waals surface area contributed by atoms with E-state index in [0.29, 0.717) is 32.6 Å². The van der Waals surface area contributed by atoms with Gasteiger partial charge < -0.3 is 9.64 Å². The number of isothiocyanates is 1. The number of hydrogen-bond donors (Lipinski definition) is 0. The number of benzene rings is 1. The Morgan fingerprint density at radius 3 is 2.64 bits per heavy atom. The number of carbonyl (C=O) groups excluding carboxylic acids is 1. The van der Waals surface area contributed by atoms with Crippen LogP contribution in [0.25, 0.3) is 0 Å². The van der Waals surface area contributed by atoms with Gasteiger partial charge in [-0.15, -0.1) is 0 Å². The minimum atomic E-state index is -2.94. The molecule has 1 amide bonds. The topological polar surface area (TPSA) is 79.3 Å². The van der Waals surface area contributed by atoms with E-state index in [2.05, 4.69) is 27.3 Å². The van der Waals surface area contributed by atoms with Gasteiger partial charge in [-0.2, -0.15) is 0 Å². The molecule has 2 heterocycles. The summed E-state index contributed by atoms with van der Waals surface area (Å²) in [6.45, 7) is 1.93. The fraction of sp³-hybridized carbons (Fsp3) is 0.500. The largest absolute Gasteiger partial charge is 0.442 e.